The molecule has 13 heteroatoms. The normalized spacial score (nSPS) is 16.4. The lowest BCUT2D eigenvalue weighted by atomic mass is 9.98. The van der Waals surface area contributed by atoms with Gasteiger partial charge >= 0.3 is 6.03 Å². The first-order valence-electron chi connectivity index (χ1n) is 18.7. The Hall–Kier alpha value is -6.51. The number of phenols is 1. The van der Waals surface area contributed by atoms with Crippen molar-refractivity contribution in [3.8, 4) is 34.1 Å². The van der Waals surface area contributed by atoms with Crippen LogP contribution < -0.4 is 15.4 Å². The van der Waals surface area contributed by atoms with Crippen LogP contribution in [-0.4, -0.2) is 48.3 Å². The molecule has 0 aliphatic carbocycles. The van der Waals surface area contributed by atoms with Gasteiger partial charge in [-0.2, -0.15) is 4.68 Å². The summed E-state index contributed by atoms with van der Waals surface area (Å²) < 4.78 is 20.7. The number of aliphatic hydroxyl groups is 1. The Morgan fingerprint density at radius 1 is 0.793 bits per heavy atom. The number of amides is 2. The summed E-state index contributed by atoms with van der Waals surface area (Å²) in [6.45, 7) is 0.283. The molecule has 1 aliphatic rings. The molecule has 1 aliphatic heterocycles. The van der Waals surface area contributed by atoms with Gasteiger partial charge in [-0.3, -0.25) is 0 Å². The van der Waals surface area contributed by atoms with Crippen LogP contribution in [0.1, 0.15) is 41.1 Å². The summed E-state index contributed by atoms with van der Waals surface area (Å²) in [5.41, 5.74) is 6.99. The average Bonchev–Trinajstić information content (AvgIpc) is 3.75. The molecular weight excluding hydrogens is 753 g/mol. The number of ether oxygens (including phenoxy) is 3. The second-order valence-electron chi connectivity index (χ2n) is 13.6. The van der Waals surface area contributed by atoms with Crippen molar-refractivity contribution in [2.24, 2.45) is 0 Å². The van der Waals surface area contributed by atoms with Crippen LogP contribution in [0.2, 0.25) is 0 Å². The van der Waals surface area contributed by atoms with Crippen LogP contribution in [0, 0.1) is 0 Å². The Morgan fingerprint density at radius 3 is 2.26 bits per heavy atom. The van der Waals surface area contributed by atoms with Crippen LogP contribution in [0.15, 0.2) is 157 Å². The number of para-hydroxylation sites is 1. The first-order chi connectivity index (χ1) is 28.5. The quantitative estimate of drug-likeness (QED) is 0.0833. The highest BCUT2D eigenvalue weighted by Crippen LogP contribution is 2.40. The number of aromatic nitrogens is 4. The molecule has 1 saturated heterocycles. The predicted octanol–water partition coefficient (Wildman–Crippen LogP) is 8.98. The molecule has 2 amide bonds. The lowest BCUT2D eigenvalue weighted by Gasteiger charge is -2.36. The van der Waals surface area contributed by atoms with Crippen LogP contribution in [0.25, 0.3) is 16.8 Å². The number of hydrogen-bond donors (Lipinski definition) is 4. The molecule has 8 rings (SSSR count). The molecule has 2 heterocycles. The van der Waals surface area contributed by atoms with Crippen molar-refractivity contribution < 1.29 is 29.2 Å². The van der Waals surface area contributed by atoms with E-state index in [1.165, 1.54) is 11.8 Å². The fraction of sp³-hybridized carbons (Fsp3) is 0.156. The predicted molar refractivity (Wildman–Crippen MR) is 221 cm³/mol. The number of rotatable bonds is 13. The Morgan fingerprint density at radius 2 is 1.50 bits per heavy atom. The number of thioether (sulfide) groups is 1. The first-order valence-corrected chi connectivity index (χ1v) is 19.7. The fourth-order valence-electron chi connectivity index (χ4n) is 6.57. The van der Waals surface area contributed by atoms with Crippen molar-refractivity contribution in [3.05, 3.63) is 174 Å². The number of anilines is 1. The van der Waals surface area contributed by atoms with Gasteiger partial charge in [0.05, 0.1) is 24.5 Å². The largest absolute Gasteiger partial charge is 0.508 e. The number of nitrogens with one attached hydrogen (secondary N) is 2. The van der Waals surface area contributed by atoms with Gasteiger partial charge < -0.3 is 35.1 Å². The van der Waals surface area contributed by atoms with E-state index in [-0.39, 0.29) is 30.6 Å². The topological polar surface area (TPSA) is 153 Å². The van der Waals surface area contributed by atoms with E-state index in [2.05, 4.69) is 26.2 Å². The molecule has 0 radical (unpaired) electrons. The Balaban J connectivity index is 0.930. The number of tetrazole rings is 1. The molecule has 0 bridgehead atoms. The lowest BCUT2D eigenvalue weighted by Crippen LogP contribution is -2.31. The third-order valence-electron chi connectivity index (χ3n) is 9.59. The Kier molecular flexibility index (Phi) is 12.0. The molecule has 0 spiro atoms. The zero-order valence-corrected chi connectivity index (χ0v) is 32.0. The van der Waals surface area contributed by atoms with Crippen LogP contribution in [0.3, 0.4) is 0 Å². The number of phenolic OH excluding ortho intramolecular Hbond substituents is 1. The van der Waals surface area contributed by atoms with Crippen molar-refractivity contribution >= 4 is 23.5 Å². The maximum Gasteiger partial charge on any atom is 0.319 e. The second-order valence-corrected chi connectivity index (χ2v) is 14.6. The zero-order chi connectivity index (χ0) is 39.7. The van der Waals surface area contributed by atoms with Gasteiger partial charge in [0.2, 0.25) is 5.16 Å². The summed E-state index contributed by atoms with van der Waals surface area (Å²) in [4.78, 5) is 12.9. The minimum Gasteiger partial charge on any atom is -0.508 e. The zero-order valence-electron chi connectivity index (χ0n) is 31.2. The number of aliphatic hydroxyl groups excluding tert-OH is 1. The first kappa shape index (κ1) is 38.4. The number of benzene rings is 6. The van der Waals surface area contributed by atoms with E-state index >= 15 is 0 Å². The van der Waals surface area contributed by atoms with Gasteiger partial charge in [-0.1, -0.05) is 103 Å². The third kappa shape index (κ3) is 9.53. The van der Waals surface area contributed by atoms with E-state index in [0.717, 1.165) is 44.8 Å². The van der Waals surface area contributed by atoms with Crippen LogP contribution >= 0.6 is 11.8 Å². The molecule has 12 nitrogen and oxygen atoms in total. The summed E-state index contributed by atoms with van der Waals surface area (Å²) in [5.74, 6) is 2.13. The minimum absolute atomic E-state index is 0.0359. The molecule has 58 heavy (non-hydrogen) atoms. The SMILES string of the molecule is O=C(NCc1ccccc1-c1ccc(C2OC(CSc3nnnn3-c3ccc(O)cc3)CC(c3ccc(CO)cc3)O2)cc1)Nc1ccc(Oc2ccccc2)cc1. The number of hydrogen-bond acceptors (Lipinski definition) is 10. The third-order valence-corrected chi connectivity index (χ3v) is 10.6. The highest BCUT2D eigenvalue weighted by molar-refractivity contribution is 7.99. The van der Waals surface area contributed by atoms with Gasteiger partial charge in [-0.05, 0) is 98.9 Å². The average molecular weight is 793 g/mol. The standard InChI is InChI=1S/C45H40N6O6S/c52-28-30-10-12-32(13-11-30)42-26-40(29-58-45-48-49-50-51(45)36-20-22-37(53)23-21-36)56-43(57-42)33-16-14-31(15-17-33)41-9-5-4-6-34(41)27-46-44(54)47-35-18-24-39(25-19-35)55-38-7-2-1-3-8-38/h1-25,40,42-43,52-53H,26-29H2,(H2,46,47,54). The van der Waals surface area contributed by atoms with Crippen molar-refractivity contribution in [1.82, 2.24) is 25.5 Å². The van der Waals surface area contributed by atoms with E-state index in [0.29, 0.717) is 35.3 Å². The molecule has 6 aromatic carbocycles. The van der Waals surface area contributed by atoms with Gasteiger partial charge in [0, 0.05) is 30.0 Å². The van der Waals surface area contributed by atoms with Gasteiger partial charge in [0.15, 0.2) is 6.29 Å². The molecule has 0 saturated carbocycles. The number of carbonyl (C=O) groups excluding carboxylic acids is 1. The molecule has 4 N–H and O–H groups in total. The lowest BCUT2D eigenvalue weighted by molar-refractivity contribution is -0.245. The number of urea groups is 1. The van der Waals surface area contributed by atoms with E-state index in [9.17, 15) is 15.0 Å². The smallest absolute Gasteiger partial charge is 0.319 e. The maximum atomic E-state index is 12.9. The summed E-state index contributed by atoms with van der Waals surface area (Å²) >= 11 is 1.48. The van der Waals surface area contributed by atoms with Crippen LogP contribution in [-0.2, 0) is 22.6 Å². The fourth-order valence-corrected chi connectivity index (χ4v) is 7.48. The van der Waals surface area contributed by atoms with E-state index in [1.807, 2.05) is 115 Å². The van der Waals surface area contributed by atoms with Crippen molar-refractivity contribution in [3.63, 3.8) is 0 Å². The van der Waals surface area contributed by atoms with E-state index in [1.54, 1.807) is 41.1 Å². The van der Waals surface area contributed by atoms with Gasteiger partial charge in [0.1, 0.15) is 17.2 Å². The molecule has 1 aromatic heterocycles. The van der Waals surface area contributed by atoms with Crippen molar-refractivity contribution in [2.45, 2.75) is 43.2 Å². The highest BCUT2D eigenvalue weighted by atomic mass is 32.2. The van der Waals surface area contributed by atoms with Gasteiger partial charge in [-0.25, -0.2) is 4.79 Å². The van der Waals surface area contributed by atoms with Crippen LogP contribution in [0.5, 0.6) is 17.2 Å². The Bertz CT molecular complexity index is 2410. The molecular formula is C45H40N6O6S. The molecule has 3 atom stereocenters. The maximum absolute atomic E-state index is 12.9. The molecule has 292 valence electrons. The van der Waals surface area contributed by atoms with E-state index in [4.69, 9.17) is 14.2 Å². The van der Waals surface area contributed by atoms with Crippen LogP contribution in [0.4, 0.5) is 10.5 Å². The number of carbonyl (C=O) groups is 1. The monoisotopic (exact) mass is 792 g/mol. The van der Waals surface area contributed by atoms with E-state index < -0.39 is 6.29 Å². The molecule has 3 unspecified atom stereocenters. The van der Waals surface area contributed by atoms with Crippen molar-refractivity contribution in [1.29, 1.82) is 0 Å². The Labute approximate surface area is 339 Å². The van der Waals surface area contributed by atoms with Gasteiger partial charge in [0.25, 0.3) is 0 Å². The summed E-state index contributed by atoms with van der Waals surface area (Å²) in [5, 5.41) is 38.1. The summed E-state index contributed by atoms with van der Waals surface area (Å²) in [7, 11) is 0. The van der Waals surface area contributed by atoms with Crippen molar-refractivity contribution in [2.75, 3.05) is 11.1 Å². The van der Waals surface area contributed by atoms with Gasteiger partial charge in [-0.15, -0.1) is 5.10 Å². The highest BCUT2D eigenvalue weighted by Gasteiger charge is 2.33. The minimum atomic E-state index is -0.649. The summed E-state index contributed by atoms with van der Waals surface area (Å²) in [6, 6.07) is 47.0. The second kappa shape index (κ2) is 18.2. The molecule has 7 aromatic rings. The number of nitrogens with zero attached hydrogens (tertiary/aromatic N) is 4. The number of aromatic hydroxyl groups is 1. The summed E-state index contributed by atoms with van der Waals surface area (Å²) in [6.07, 6.45) is -0.524. The molecule has 1 fully saturated rings.